The summed E-state index contributed by atoms with van der Waals surface area (Å²) in [6, 6.07) is 9.69. The largest absolute Gasteiger partial charge is 0.326 e. The van der Waals surface area contributed by atoms with E-state index in [2.05, 4.69) is 10.4 Å². The van der Waals surface area contributed by atoms with Gasteiger partial charge in [0.15, 0.2) is 0 Å². The molecule has 0 aliphatic heterocycles. The zero-order valence-corrected chi connectivity index (χ0v) is 10.7. The van der Waals surface area contributed by atoms with Gasteiger partial charge in [-0.25, -0.2) is 0 Å². The van der Waals surface area contributed by atoms with Crippen LogP contribution in [0.3, 0.4) is 0 Å². The predicted octanol–water partition coefficient (Wildman–Crippen LogP) is 2.53. The smallest absolute Gasteiger partial charge is 0.226 e. The van der Waals surface area contributed by atoms with E-state index in [9.17, 15) is 4.79 Å². The van der Waals surface area contributed by atoms with E-state index in [0.29, 0.717) is 13.0 Å². The lowest BCUT2D eigenvalue weighted by atomic mass is 10.2. The quantitative estimate of drug-likeness (QED) is 0.897. The number of aryl methyl sites for hydroxylation is 3. The zero-order valence-electron chi connectivity index (χ0n) is 10.7. The van der Waals surface area contributed by atoms with Gasteiger partial charge in [-0.3, -0.25) is 9.48 Å². The molecule has 0 aliphatic rings. The van der Waals surface area contributed by atoms with Gasteiger partial charge in [0.2, 0.25) is 5.91 Å². The highest BCUT2D eigenvalue weighted by Gasteiger charge is 2.04. The molecule has 0 saturated carbocycles. The molecule has 18 heavy (non-hydrogen) atoms. The molecule has 1 N–H and O–H groups in total. The Bertz CT molecular complexity index is 545. The third-order valence-electron chi connectivity index (χ3n) is 2.76. The molecule has 0 bridgehead atoms. The van der Waals surface area contributed by atoms with Crippen molar-refractivity contribution in [2.45, 2.75) is 26.8 Å². The average Bonchev–Trinajstić information content (AvgIpc) is 2.76. The maximum atomic E-state index is 11.8. The van der Waals surface area contributed by atoms with Gasteiger partial charge < -0.3 is 5.32 Å². The molecule has 0 unspecified atom stereocenters. The first-order valence-electron chi connectivity index (χ1n) is 6.01. The Hall–Kier alpha value is -2.10. The van der Waals surface area contributed by atoms with Crippen molar-refractivity contribution in [3.05, 3.63) is 47.8 Å². The second kappa shape index (κ2) is 5.49. The molecule has 4 nitrogen and oxygen atoms in total. The summed E-state index contributed by atoms with van der Waals surface area (Å²) >= 11 is 0. The summed E-state index contributed by atoms with van der Waals surface area (Å²) < 4.78 is 1.78. The molecule has 1 aromatic carbocycles. The number of carbonyl (C=O) groups excluding carboxylic acids is 1. The summed E-state index contributed by atoms with van der Waals surface area (Å²) in [4.78, 5) is 11.8. The molecule has 1 heterocycles. The van der Waals surface area contributed by atoms with Crippen molar-refractivity contribution in [2.75, 3.05) is 5.32 Å². The normalized spacial score (nSPS) is 10.3. The molecule has 2 aromatic rings. The number of hydrogen-bond acceptors (Lipinski definition) is 2. The summed E-state index contributed by atoms with van der Waals surface area (Å²) in [6.45, 7) is 4.52. The van der Waals surface area contributed by atoms with Gasteiger partial charge in [0.1, 0.15) is 0 Å². The van der Waals surface area contributed by atoms with E-state index < -0.39 is 0 Å². The van der Waals surface area contributed by atoms with Gasteiger partial charge >= 0.3 is 0 Å². The average molecular weight is 243 g/mol. The summed E-state index contributed by atoms with van der Waals surface area (Å²) in [7, 11) is 0. The lowest BCUT2D eigenvalue weighted by molar-refractivity contribution is -0.116. The van der Waals surface area contributed by atoms with Gasteiger partial charge in [-0.05, 0) is 31.5 Å². The standard InChI is InChI=1S/C14H17N3O/c1-11-5-3-4-6-13(11)15-14(18)8-10-17-9-7-12(2)16-17/h3-7,9H,8,10H2,1-2H3,(H,15,18). The number of aromatic nitrogens is 2. The van der Waals surface area contributed by atoms with Gasteiger partial charge in [0.25, 0.3) is 0 Å². The van der Waals surface area contributed by atoms with Crippen LogP contribution < -0.4 is 5.32 Å². The van der Waals surface area contributed by atoms with Crippen LogP contribution in [0.2, 0.25) is 0 Å². The predicted molar refractivity (Wildman–Crippen MR) is 71.4 cm³/mol. The maximum Gasteiger partial charge on any atom is 0.226 e. The molecule has 0 radical (unpaired) electrons. The lowest BCUT2D eigenvalue weighted by Crippen LogP contribution is -2.15. The van der Waals surface area contributed by atoms with Crippen LogP contribution in [0.4, 0.5) is 5.69 Å². The van der Waals surface area contributed by atoms with E-state index >= 15 is 0 Å². The molecule has 1 amide bonds. The van der Waals surface area contributed by atoms with E-state index in [1.165, 1.54) is 0 Å². The fraction of sp³-hybridized carbons (Fsp3) is 0.286. The topological polar surface area (TPSA) is 46.9 Å². The number of anilines is 1. The minimum atomic E-state index is 0.0115. The van der Waals surface area contributed by atoms with Crippen molar-refractivity contribution in [1.29, 1.82) is 0 Å². The second-order valence-corrected chi connectivity index (χ2v) is 4.33. The van der Waals surface area contributed by atoms with E-state index in [1.54, 1.807) is 4.68 Å². The van der Waals surface area contributed by atoms with E-state index in [-0.39, 0.29) is 5.91 Å². The highest BCUT2D eigenvalue weighted by Crippen LogP contribution is 2.13. The first-order valence-corrected chi connectivity index (χ1v) is 6.01. The van der Waals surface area contributed by atoms with E-state index in [4.69, 9.17) is 0 Å². The number of nitrogens with zero attached hydrogens (tertiary/aromatic N) is 2. The molecule has 0 atom stereocenters. The molecular formula is C14H17N3O. The van der Waals surface area contributed by atoms with Gasteiger partial charge in [-0.15, -0.1) is 0 Å². The van der Waals surface area contributed by atoms with Crippen molar-refractivity contribution in [3.8, 4) is 0 Å². The van der Waals surface area contributed by atoms with Crippen LogP contribution in [-0.2, 0) is 11.3 Å². The minimum absolute atomic E-state index is 0.0115. The fourth-order valence-corrected chi connectivity index (χ4v) is 1.73. The zero-order chi connectivity index (χ0) is 13.0. The van der Waals surface area contributed by atoms with Crippen molar-refractivity contribution in [3.63, 3.8) is 0 Å². The highest BCUT2D eigenvalue weighted by atomic mass is 16.1. The van der Waals surface area contributed by atoms with Crippen LogP contribution >= 0.6 is 0 Å². The third-order valence-corrected chi connectivity index (χ3v) is 2.76. The lowest BCUT2D eigenvalue weighted by Gasteiger charge is -2.07. The summed E-state index contributed by atoms with van der Waals surface area (Å²) in [6.07, 6.45) is 2.31. The van der Waals surface area contributed by atoms with Crippen LogP contribution in [0.15, 0.2) is 36.5 Å². The molecule has 0 spiro atoms. The van der Waals surface area contributed by atoms with Crippen LogP contribution in [0.1, 0.15) is 17.7 Å². The van der Waals surface area contributed by atoms with Crippen LogP contribution in [0, 0.1) is 13.8 Å². The molecule has 4 heteroatoms. The van der Waals surface area contributed by atoms with Crippen molar-refractivity contribution in [2.24, 2.45) is 0 Å². The minimum Gasteiger partial charge on any atom is -0.326 e. The second-order valence-electron chi connectivity index (χ2n) is 4.33. The third kappa shape index (κ3) is 3.20. The molecular weight excluding hydrogens is 226 g/mol. The van der Waals surface area contributed by atoms with Crippen molar-refractivity contribution in [1.82, 2.24) is 9.78 Å². The Balaban J connectivity index is 1.88. The summed E-state index contributed by atoms with van der Waals surface area (Å²) in [5, 5.41) is 7.15. The number of nitrogens with one attached hydrogen (secondary N) is 1. The van der Waals surface area contributed by atoms with E-state index in [1.807, 2.05) is 50.4 Å². The number of para-hydroxylation sites is 1. The number of rotatable bonds is 4. The molecule has 0 saturated heterocycles. The number of amides is 1. The van der Waals surface area contributed by atoms with Crippen LogP contribution in [0.5, 0.6) is 0 Å². The van der Waals surface area contributed by atoms with E-state index in [0.717, 1.165) is 16.9 Å². The Morgan fingerprint density at radius 1 is 1.28 bits per heavy atom. The van der Waals surface area contributed by atoms with Gasteiger partial charge in [0, 0.05) is 24.8 Å². The van der Waals surface area contributed by atoms with Gasteiger partial charge in [-0.2, -0.15) is 5.10 Å². The van der Waals surface area contributed by atoms with Crippen LogP contribution in [0.25, 0.3) is 0 Å². The monoisotopic (exact) mass is 243 g/mol. The molecule has 94 valence electrons. The number of hydrogen-bond donors (Lipinski definition) is 1. The van der Waals surface area contributed by atoms with Crippen molar-refractivity contribution < 1.29 is 4.79 Å². The summed E-state index contributed by atoms with van der Waals surface area (Å²) in [5.74, 6) is 0.0115. The van der Waals surface area contributed by atoms with Gasteiger partial charge in [-0.1, -0.05) is 18.2 Å². The Morgan fingerprint density at radius 2 is 2.06 bits per heavy atom. The number of carbonyl (C=O) groups is 1. The fourth-order valence-electron chi connectivity index (χ4n) is 1.73. The number of benzene rings is 1. The SMILES string of the molecule is Cc1ccn(CCC(=O)Nc2ccccc2C)n1. The molecule has 0 fully saturated rings. The first kappa shape index (κ1) is 12.4. The molecule has 1 aromatic heterocycles. The summed E-state index contributed by atoms with van der Waals surface area (Å²) in [5.41, 5.74) is 2.91. The Labute approximate surface area is 107 Å². The van der Waals surface area contributed by atoms with Crippen LogP contribution in [-0.4, -0.2) is 15.7 Å². The van der Waals surface area contributed by atoms with Crippen molar-refractivity contribution >= 4 is 11.6 Å². The molecule has 0 aliphatic carbocycles. The Kier molecular flexibility index (Phi) is 3.77. The molecule has 2 rings (SSSR count). The van der Waals surface area contributed by atoms with Gasteiger partial charge in [0.05, 0.1) is 5.69 Å². The first-order chi connectivity index (χ1) is 8.65. The Morgan fingerprint density at radius 3 is 2.72 bits per heavy atom. The highest BCUT2D eigenvalue weighted by molar-refractivity contribution is 5.91. The maximum absolute atomic E-state index is 11.8.